The number of rotatable bonds is 5. The number of ether oxygens (including phenoxy) is 1. The number of amides is 2. The molecule has 7 nitrogen and oxygen atoms in total. The quantitative estimate of drug-likeness (QED) is 0.859. The van der Waals surface area contributed by atoms with Gasteiger partial charge in [0.1, 0.15) is 6.54 Å². The zero-order chi connectivity index (χ0) is 17.3. The molecular weight excluding hydrogens is 312 g/mol. The zero-order valence-corrected chi connectivity index (χ0v) is 13.5. The molecule has 2 unspecified atom stereocenters. The van der Waals surface area contributed by atoms with Crippen molar-refractivity contribution in [3.05, 3.63) is 35.4 Å². The molecule has 0 saturated carbocycles. The highest BCUT2D eigenvalue weighted by atomic mass is 16.5. The molecule has 3 rings (SSSR count). The number of methoxy groups -OCH3 is 1. The highest BCUT2D eigenvalue weighted by molar-refractivity contribution is 6.00. The van der Waals surface area contributed by atoms with Crippen molar-refractivity contribution in [3.8, 4) is 0 Å². The van der Waals surface area contributed by atoms with Crippen LogP contribution in [0.15, 0.2) is 24.3 Å². The summed E-state index contributed by atoms with van der Waals surface area (Å²) in [5.41, 5.74) is 1.54. The number of hydrogen-bond donors (Lipinski definition) is 1. The van der Waals surface area contributed by atoms with Gasteiger partial charge in [-0.3, -0.25) is 14.4 Å². The van der Waals surface area contributed by atoms with Crippen LogP contribution in [0.1, 0.15) is 28.8 Å². The zero-order valence-electron chi connectivity index (χ0n) is 13.5. The minimum absolute atomic E-state index is 0.0416. The molecule has 2 amide bonds. The molecule has 2 aliphatic heterocycles. The van der Waals surface area contributed by atoms with E-state index in [4.69, 9.17) is 9.84 Å². The van der Waals surface area contributed by atoms with Gasteiger partial charge in [-0.25, -0.2) is 0 Å². The van der Waals surface area contributed by atoms with E-state index in [-0.39, 0.29) is 36.9 Å². The Morgan fingerprint density at radius 1 is 1.33 bits per heavy atom. The fourth-order valence-corrected chi connectivity index (χ4v) is 3.44. The van der Waals surface area contributed by atoms with Crippen molar-refractivity contribution < 1.29 is 24.2 Å². The van der Waals surface area contributed by atoms with Crippen molar-refractivity contribution in [1.29, 1.82) is 0 Å². The summed E-state index contributed by atoms with van der Waals surface area (Å²) >= 11 is 0. The van der Waals surface area contributed by atoms with E-state index in [9.17, 15) is 14.4 Å². The monoisotopic (exact) mass is 332 g/mol. The number of nitrogens with zero attached hydrogens (tertiary/aromatic N) is 2. The van der Waals surface area contributed by atoms with Crippen LogP contribution < -0.4 is 0 Å². The molecule has 2 heterocycles. The summed E-state index contributed by atoms with van der Waals surface area (Å²) < 4.78 is 5.28. The van der Waals surface area contributed by atoms with E-state index in [1.165, 1.54) is 4.90 Å². The number of likely N-dealkylation sites (tertiary alicyclic amines) is 1. The second kappa shape index (κ2) is 6.60. The van der Waals surface area contributed by atoms with Crippen LogP contribution in [0.5, 0.6) is 0 Å². The first kappa shape index (κ1) is 16.4. The molecule has 0 spiro atoms. The molecule has 1 saturated heterocycles. The lowest BCUT2D eigenvalue weighted by Gasteiger charge is -2.26. The van der Waals surface area contributed by atoms with Gasteiger partial charge in [0, 0.05) is 31.8 Å². The van der Waals surface area contributed by atoms with Crippen LogP contribution in [0.25, 0.3) is 0 Å². The molecule has 0 bridgehead atoms. The average molecular weight is 332 g/mol. The predicted molar refractivity (Wildman–Crippen MR) is 84.4 cm³/mol. The lowest BCUT2D eigenvalue weighted by Crippen LogP contribution is -2.43. The Labute approximate surface area is 139 Å². The highest BCUT2D eigenvalue weighted by Gasteiger charge is 2.38. The summed E-state index contributed by atoms with van der Waals surface area (Å²) in [5.74, 6) is -1.34. The van der Waals surface area contributed by atoms with Gasteiger partial charge in [0.15, 0.2) is 0 Å². The Kier molecular flexibility index (Phi) is 4.53. The van der Waals surface area contributed by atoms with Crippen molar-refractivity contribution in [3.63, 3.8) is 0 Å². The molecule has 1 fully saturated rings. The normalized spacial score (nSPS) is 22.8. The van der Waals surface area contributed by atoms with Crippen molar-refractivity contribution in [2.24, 2.45) is 0 Å². The van der Waals surface area contributed by atoms with Crippen molar-refractivity contribution in [1.82, 2.24) is 9.80 Å². The minimum Gasteiger partial charge on any atom is -0.481 e. The van der Waals surface area contributed by atoms with Crippen molar-refractivity contribution in [2.45, 2.75) is 31.5 Å². The molecule has 2 atom stereocenters. The van der Waals surface area contributed by atoms with Gasteiger partial charge in [-0.15, -0.1) is 0 Å². The van der Waals surface area contributed by atoms with E-state index in [1.807, 2.05) is 12.1 Å². The summed E-state index contributed by atoms with van der Waals surface area (Å²) in [7, 11) is 1.55. The summed E-state index contributed by atoms with van der Waals surface area (Å²) in [6.45, 7) is 0.730. The minimum atomic E-state index is -0.945. The SMILES string of the molecule is COC1CC(CC(=O)O)N(C(=O)CN2Cc3ccccc3C2=O)C1. The van der Waals surface area contributed by atoms with E-state index >= 15 is 0 Å². The first-order chi connectivity index (χ1) is 11.5. The highest BCUT2D eigenvalue weighted by Crippen LogP contribution is 2.25. The smallest absolute Gasteiger partial charge is 0.305 e. The van der Waals surface area contributed by atoms with Crippen LogP contribution >= 0.6 is 0 Å². The molecule has 1 N–H and O–H groups in total. The topological polar surface area (TPSA) is 87.2 Å². The molecule has 2 aliphatic rings. The molecule has 1 aromatic rings. The fraction of sp³-hybridized carbons (Fsp3) is 0.471. The fourth-order valence-electron chi connectivity index (χ4n) is 3.44. The molecule has 1 aromatic carbocycles. The third-order valence-corrected chi connectivity index (χ3v) is 4.66. The van der Waals surface area contributed by atoms with Gasteiger partial charge in [-0.05, 0) is 18.1 Å². The number of carbonyl (C=O) groups is 3. The Bertz CT molecular complexity index is 675. The van der Waals surface area contributed by atoms with E-state index in [0.29, 0.717) is 25.1 Å². The van der Waals surface area contributed by atoms with Crippen molar-refractivity contribution >= 4 is 17.8 Å². The summed E-state index contributed by atoms with van der Waals surface area (Å²) in [5, 5.41) is 9.03. The Hall–Kier alpha value is -2.41. The van der Waals surface area contributed by atoms with Gasteiger partial charge >= 0.3 is 5.97 Å². The number of carbonyl (C=O) groups excluding carboxylic acids is 2. The number of carboxylic acid groups (broad SMARTS) is 1. The maximum absolute atomic E-state index is 12.6. The van der Waals surface area contributed by atoms with Crippen molar-refractivity contribution in [2.75, 3.05) is 20.2 Å². The van der Waals surface area contributed by atoms with E-state index < -0.39 is 5.97 Å². The van der Waals surface area contributed by atoms with Gasteiger partial charge in [0.25, 0.3) is 5.91 Å². The molecule has 128 valence electrons. The lowest BCUT2D eigenvalue weighted by molar-refractivity contribution is -0.140. The largest absolute Gasteiger partial charge is 0.481 e. The maximum atomic E-state index is 12.6. The first-order valence-electron chi connectivity index (χ1n) is 7.91. The van der Waals surface area contributed by atoms with E-state index in [2.05, 4.69) is 0 Å². The Balaban J connectivity index is 1.68. The van der Waals surface area contributed by atoms with Gasteiger partial charge in [0.05, 0.1) is 12.5 Å². The van der Waals surface area contributed by atoms with Crippen LogP contribution in [0.4, 0.5) is 0 Å². The number of benzene rings is 1. The molecule has 0 aliphatic carbocycles. The standard InChI is InChI=1S/C17H20N2O5/c1-24-13-6-12(7-16(21)22)19(9-13)15(20)10-18-8-11-4-2-3-5-14(11)17(18)23/h2-5,12-13H,6-10H2,1H3,(H,21,22). The van der Waals surface area contributed by atoms with Gasteiger partial charge in [0.2, 0.25) is 5.91 Å². The summed E-state index contributed by atoms with van der Waals surface area (Å²) in [6, 6.07) is 6.91. The second-order valence-corrected chi connectivity index (χ2v) is 6.21. The lowest BCUT2D eigenvalue weighted by atomic mass is 10.1. The van der Waals surface area contributed by atoms with Crippen LogP contribution in [0.2, 0.25) is 0 Å². The summed E-state index contributed by atoms with van der Waals surface area (Å²) in [4.78, 5) is 39.1. The third-order valence-electron chi connectivity index (χ3n) is 4.66. The van der Waals surface area contributed by atoms with E-state index in [1.54, 1.807) is 24.1 Å². The average Bonchev–Trinajstić information content (AvgIpc) is 3.09. The number of hydrogen-bond acceptors (Lipinski definition) is 4. The Morgan fingerprint density at radius 2 is 2.08 bits per heavy atom. The molecular formula is C17H20N2O5. The third kappa shape index (κ3) is 3.12. The van der Waals surface area contributed by atoms with Crippen LogP contribution in [0, 0.1) is 0 Å². The molecule has 0 radical (unpaired) electrons. The van der Waals surface area contributed by atoms with Crippen LogP contribution in [-0.2, 0) is 20.9 Å². The molecule has 7 heteroatoms. The summed E-state index contributed by atoms with van der Waals surface area (Å²) in [6.07, 6.45) is 0.229. The molecule has 0 aromatic heterocycles. The second-order valence-electron chi connectivity index (χ2n) is 6.21. The maximum Gasteiger partial charge on any atom is 0.305 e. The predicted octanol–water partition coefficient (Wildman–Crippen LogP) is 0.733. The number of fused-ring (bicyclic) bond motifs is 1. The van der Waals surface area contributed by atoms with E-state index in [0.717, 1.165) is 5.56 Å². The number of aliphatic carboxylic acids is 1. The van der Waals surface area contributed by atoms with Crippen LogP contribution in [0.3, 0.4) is 0 Å². The first-order valence-corrected chi connectivity index (χ1v) is 7.91. The van der Waals surface area contributed by atoms with Gasteiger partial charge in [-0.2, -0.15) is 0 Å². The van der Waals surface area contributed by atoms with Gasteiger partial charge in [-0.1, -0.05) is 18.2 Å². The van der Waals surface area contributed by atoms with Crippen LogP contribution in [-0.4, -0.2) is 65.0 Å². The van der Waals surface area contributed by atoms with Gasteiger partial charge < -0.3 is 19.6 Å². The Morgan fingerprint density at radius 3 is 2.75 bits per heavy atom. The molecule has 24 heavy (non-hydrogen) atoms. The number of carboxylic acids is 1.